The number of para-hydroxylation sites is 1. The molecule has 10 heteroatoms. The van der Waals surface area contributed by atoms with Gasteiger partial charge in [-0.15, -0.1) is 10.2 Å². The molecule has 2 aromatic carbocycles. The number of hydrogen-bond acceptors (Lipinski definition) is 6. The highest BCUT2D eigenvalue weighted by atomic mass is 19.1. The van der Waals surface area contributed by atoms with Crippen molar-refractivity contribution < 1.29 is 18.4 Å². The minimum absolute atomic E-state index is 0.0639. The molecule has 1 unspecified atom stereocenters. The van der Waals surface area contributed by atoms with Crippen LogP contribution in [0.3, 0.4) is 0 Å². The van der Waals surface area contributed by atoms with Crippen molar-refractivity contribution in [2.75, 3.05) is 4.90 Å². The molecular weight excluding hydrogens is 475 g/mol. The van der Waals surface area contributed by atoms with E-state index in [9.17, 15) is 14.0 Å². The van der Waals surface area contributed by atoms with E-state index in [4.69, 9.17) is 4.42 Å². The highest BCUT2D eigenvalue weighted by Crippen LogP contribution is 2.30. The molecule has 2 aromatic heterocycles. The Morgan fingerprint density at radius 2 is 1.81 bits per heavy atom. The van der Waals surface area contributed by atoms with Gasteiger partial charge in [-0.1, -0.05) is 31.0 Å². The maximum atomic E-state index is 13.8. The van der Waals surface area contributed by atoms with Crippen molar-refractivity contribution in [3.8, 4) is 11.4 Å². The van der Waals surface area contributed by atoms with Crippen molar-refractivity contribution in [1.82, 2.24) is 25.5 Å². The number of nitrogens with one attached hydrogen (secondary N) is 1. The molecule has 5 rings (SSSR count). The molecule has 2 heterocycles. The lowest BCUT2D eigenvalue weighted by Gasteiger charge is -2.30. The smallest absolute Gasteiger partial charge is 0.251 e. The Labute approximate surface area is 213 Å². The number of aryl methyl sites for hydroxylation is 1. The van der Waals surface area contributed by atoms with E-state index in [-0.39, 0.29) is 30.1 Å². The van der Waals surface area contributed by atoms with E-state index in [1.807, 2.05) is 6.07 Å². The predicted octanol–water partition coefficient (Wildman–Crippen LogP) is 4.21. The van der Waals surface area contributed by atoms with Crippen LogP contribution in [0.4, 0.5) is 10.1 Å². The van der Waals surface area contributed by atoms with Crippen LogP contribution in [0.15, 0.2) is 71.1 Å². The van der Waals surface area contributed by atoms with Crippen LogP contribution < -0.4 is 10.2 Å². The number of rotatable bonds is 8. The number of hydrogen-bond donors (Lipinski definition) is 1. The van der Waals surface area contributed by atoms with Gasteiger partial charge < -0.3 is 9.73 Å². The first-order chi connectivity index (χ1) is 18.0. The molecule has 1 saturated carbocycles. The van der Waals surface area contributed by atoms with Gasteiger partial charge in [0.2, 0.25) is 5.82 Å². The molecule has 0 saturated heterocycles. The molecule has 1 aliphatic rings. The van der Waals surface area contributed by atoms with Crippen molar-refractivity contribution in [2.24, 2.45) is 0 Å². The van der Waals surface area contributed by atoms with E-state index < -0.39 is 11.9 Å². The number of anilines is 1. The lowest BCUT2D eigenvalue weighted by atomic mass is 10.1. The second-order valence-corrected chi connectivity index (χ2v) is 9.09. The Morgan fingerprint density at radius 3 is 2.49 bits per heavy atom. The molecule has 1 fully saturated rings. The zero-order valence-electron chi connectivity index (χ0n) is 20.4. The van der Waals surface area contributed by atoms with Gasteiger partial charge in [0, 0.05) is 17.3 Å². The van der Waals surface area contributed by atoms with Gasteiger partial charge >= 0.3 is 0 Å². The van der Waals surface area contributed by atoms with Crippen molar-refractivity contribution in [3.05, 3.63) is 84.1 Å². The molecular formula is C27H27FN6O3. The molecule has 9 nitrogen and oxygen atoms in total. The number of amides is 2. The first-order valence-electron chi connectivity index (χ1n) is 12.3. The van der Waals surface area contributed by atoms with Gasteiger partial charge in [-0.05, 0) is 73.5 Å². The SMILES string of the molecule is Cc1ccc(C(C(=O)NC2CCCC2)N(C(=O)Cn2nnc(-c3ccc(F)cc3)n2)c2ccccc2)o1. The number of furan rings is 1. The molecule has 2 amide bonds. The molecule has 0 aliphatic heterocycles. The maximum absolute atomic E-state index is 13.8. The standard InChI is InChI=1S/C27H27FN6O3/c1-18-11-16-23(37-18)25(27(36)29-21-7-5-6-8-21)34(22-9-3-2-4-10-22)24(35)17-33-31-26(30-32-33)19-12-14-20(28)15-13-19/h2-4,9-16,21,25H,5-8,17H2,1H3,(H,29,36). The van der Waals surface area contributed by atoms with E-state index >= 15 is 0 Å². The van der Waals surface area contributed by atoms with Crippen LogP contribution >= 0.6 is 0 Å². The van der Waals surface area contributed by atoms with Gasteiger partial charge in [0.15, 0.2) is 6.04 Å². The minimum atomic E-state index is -1.02. The molecule has 190 valence electrons. The number of tetrazole rings is 1. The summed E-state index contributed by atoms with van der Waals surface area (Å²) in [4.78, 5) is 30.0. The summed E-state index contributed by atoms with van der Waals surface area (Å²) in [6.45, 7) is 1.52. The first-order valence-corrected chi connectivity index (χ1v) is 12.3. The Morgan fingerprint density at radius 1 is 1.08 bits per heavy atom. The summed E-state index contributed by atoms with van der Waals surface area (Å²) < 4.78 is 19.2. The van der Waals surface area contributed by atoms with Crippen LogP contribution in [-0.2, 0) is 16.1 Å². The summed E-state index contributed by atoms with van der Waals surface area (Å²) in [6.07, 6.45) is 3.93. The largest absolute Gasteiger partial charge is 0.464 e. The second-order valence-electron chi connectivity index (χ2n) is 9.09. The summed E-state index contributed by atoms with van der Waals surface area (Å²) in [7, 11) is 0. The van der Waals surface area contributed by atoms with Gasteiger partial charge in [-0.3, -0.25) is 14.5 Å². The summed E-state index contributed by atoms with van der Waals surface area (Å²) >= 11 is 0. The summed E-state index contributed by atoms with van der Waals surface area (Å²) in [5.74, 6) is 0.155. The quantitative estimate of drug-likeness (QED) is 0.387. The third-order valence-electron chi connectivity index (χ3n) is 6.37. The average molecular weight is 503 g/mol. The first kappa shape index (κ1) is 24.4. The average Bonchev–Trinajstić information content (AvgIpc) is 3.66. The van der Waals surface area contributed by atoms with Crippen LogP contribution in [0.25, 0.3) is 11.4 Å². The number of benzene rings is 2. The van der Waals surface area contributed by atoms with Crippen LogP contribution in [0.2, 0.25) is 0 Å². The Hall–Kier alpha value is -4.34. The number of carbonyl (C=O) groups excluding carboxylic acids is 2. The fourth-order valence-corrected chi connectivity index (χ4v) is 4.57. The zero-order valence-corrected chi connectivity index (χ0v) is 20.4. The van der Waals surface area contributed by atoms with Crippen molar-refractivity contribution >= 4 is 17.5 Å². The van der Waals surface area contributed by atoms with Crippen LogP contribution in [0.1, 0.15) is 43.2 Å². The van der Waals surface area contributed by atoms with Gasteiger partial charge in [0.05, 0.1) is 0 Å². The Kier molecular flexibility index (Phi) is 7.07. The second kappa shape index (κ2) is 10.7. The number of carbonyl (C=O) groups is 2. The molecule has 0 spiro atoms. The number of aromatic nitrogens is 4. The van der Waals surface area contributed by atoms with Gasteiger partial charge in [0.1, 0.15) is 23.9 Å². The summed E-state index contributed by atoms with van der Waals surface area (Å²) in [6, 6.07) is 17.2. The topological polar surface area (TPSA) is 106 Å². The highest BCUT2D eigenvalue weighted by molar-refractivity contribution is 6.01. The number of nitrogens with zero attached hydrogens (tertiary/aromatic N) is 5. The monoisotopic (exact) mass is 502 g/mol. The summed E-state index contributed by atoms with van der Waals surface area (Å²) in [5.41, 5.74) is 1.10. The number of halogens is 1. The van der Waals surface area contributed by atoms with Crippen molar-refractivity contribution in [3.63, 3.8) is 0 Å². The van der Waals surface area contributed by atoms with E-state index in [0.29, 0.717) is 22.8 Å². The molecule has 0 bridgehead atoms. The van der Waals surface area contributed by atoms with E-state index in [1.165, 1.54) is 29.2 Å². The predicted molar refractivity (Wildman–Crippen MR) is 134 cm³/mol. The van der Waals surface area contributed by atoms with Gasteiger partial charge in [-0.2, -0.15) is 4.80 Å². The molecule has 1 N–H and O–H groups in total. The molecule has 1 aliphatic carbocycles. The van der Waals surface area contributed by atoms with Crippen LogP contribution in [0.5, 0.6) is 0 Å². The van der Waals surface area contributed by atoms with E-state index in [1.54, 1.807) is 43.3 Å². The Bertz CT molecular complexity index is 1360. The fourth-order valence-electron chi connectivity index (χ4n) is 4.57. The lowest BCUT2D eigenvalue weighted by molar-refractivity contribution is -0.128. The van der Waals surface area contributed by atoms with E-state index in [2.05, 4.69) is 20.7 Å². The molecule has 0 radical (unpaired) electrons. The van der Waals surface area contributed by atoms with Crippen molar-refractivity contribution in [1.29, 1.82) is 0 Å². The Balaban J connectivity index is 1.46. The van der Waals surface area contributed by atoms with Crippen LogP contribution in [0, 0.1) is 12.7 Å². The van der Waals surface area contributed by atoms with Gasteiger partial charge in [-0.25, -0.2) is 4.39 Å². The third kappa shape index (κ3) is 5.58. The summed E-state index contributed by atoms with van der Waals surface area (Å²) in [5, 5.41) is 15.4. The lowest BCUT2D eigenvalue weighted by Crippen LogP contribution is -2.47. The van der Waals surface area contributed by atoms with Gasteiger partial charge in [0.25, 0.3) is 11.8 Å². The van der Waals surface area contributed by atoms with Crippen LogP contribution in [-0.4, -0.2) is 38.1 Å². The third-order valence-corrected chi connectivity index (χ3v) is 6.37. The normalized spacial score (nSPS) is 14.4. The molecule has 37 heavy (non-hydrogen) atoms. The highest BCUT2D eigenvalue weighted by Gasteiger charge is 2.36. The zero-order chi connectivity index (χ0) is 25.8. The van der Waals surface area contributed by atoms with Crippen molar-refractivity contribution in [2.45, 2.75) is 51.2 Å². The minimum Gasteiger partial charge on any atom is -0.464 e. The fraction of sp³-hybridized carbons (Fsp3) is 0.296. The maximum Gasteiger partial charge on any atom is 0.251 e. The van der Waals surface area contributed by atoms with E-state index in [0.717, 1.165) is 30.5 Å². The molecule has 1 atom stereocenters. The molecule has 4 aromatic rings.